The monoisotopic (exact) mass is 308 g/mol. The molecule has 2 N–H and O–H groups in total. The zero-order valence-corrected chi connectivity index (χ0v) is 14.9. The molecule has 0 heterocycles. The van der Waals surface area contributed by atoms with Crippen molar-refractivity contribution < 1.29 is 0 Å². The van der Waals surface area contributed by atoms with Crippen molar-refractivity contribution in [3.63, 3.8) is 0 Å². The van der Waals surface area contributed by atoms with Gasteiger partial charge in [0.05, 0.1) is 5.69 Å². The highest BCUT2D eigenvalue weighted by molar-refractivity contribution is 5.90. The Labute approximate surface area is 140 Å². The number of rotatable bonds is 5. The number of hydrogen-bond acceptors (Lipinski definition) is 2. The van der Waals surface area contributed by atoms with E-state index >= 15 is 0 Å². The lowest BCUT2D eigenvalue weighted by atomic mass is 9.96. The van der Waals surface area contributed by atoms with Crippen LogP contribution in [0.25, 0.3) is 0 Å². The highest BCUT2D eigenvalue weighted by atomic mass is 14.7. The molecule has 0 aliphatic heterocycles. The molecule has 0 radical (unpaired) electrons. The van der Waals surface area contributed by atoms with Crippen molar-refractivity contribution in [3.05, 3.63) is 58.7 Å². The molecule has 2 rings (SSSR count). The fourth-order valence-electron chi connectivity index (χ4n) is 2.87. The van der Waals surface area contributed by atoms with E-state index in [4.69, 9.17) is 10.7 Å². The van der Waals surface area contributed by atoms with Gasteiger partial charge < -0.3 is 5.73 Å². The van der Waals surface area contributed by atoms with E-state index in [1.165, 1.54) is 16.7 Å². The van der Waals surface area contributed by atoms with Crippen LogP contribution in [-0.4, -0.2) is 6.21 Å². The molecule has 0 aliphatic rings. The second-order valence-corrected chi connectivity index (χ2v) is 6.63. The van der Waals surface area contributed by atoms with Gasteiger partial charge in [-0.2, -0.15) is 0 Å². The summed E-state index contributed by atoms with van der Waals surface area (Å²) in [7, 11) is 0. The van der Waals surface area contributed by atoms with Crippen molar-refractivity contribution in [1.29, 1.82) is 0 Å². The highest BCUT2D eigenvalue weighted by Crippen LogP contribution is 2.31. The number of aliphatic imine (C=N–C) groups is 1. The summed E-state index contributed by atoms with van der Waals surface area (Å²) >= 11 is 0. The van der Waals surface area contributed by atoms with Gasteiger partial charge in [-0.1, -0.05) is 71.0 Å². The molecule has 0 bridgehead atoms. The summed E-state index contributed by atoms with van der Waals surface area (Å²) in [6, 6.07) is 12.6. The van der Waals surface area contributed by atoms with Gasteiger partial charge in [-0.05, 0) is 34.9 Å². The topological polar surface area (TPSA) is 38.4 Å². The van der Waals surface area contributed by atoms with Gasteiger partial charge in [0.2, 0.25) is 0 Å². The fourth-order valence-corrected chi connectivity index (χ4v) is 2.87. The molecule has 2 heteroatoms. The number of nitrogens with zero attached hydrogens (tertiary/aromatic N) is 1. The van der Waals surface area contributed by atoms with E-state index in [9.17, 15) is 0 Å². The standard InChI is InChI=1S/C21H28N2/c1-6-16-9-7-12-19(15(4)5)21(16)23-13-17-10-8-11-18(14(2)3)20(17)22/h7-15H,6,22H2,1-5H3/b23-13-. The molecule has 2 aromatic carbocycles. The Hall–Kier alpha value is -2.09. The molecule has 2 nitrogen and oxygen atoms in total. The first-order chi connectivity index (χ1) is 11.0. The van der Waals surface area contributed by atoms with Gasteiger partial charge >= 0.3 is 0 Å². The van der Waals surface area contributed by atoms with E-state index in [0.717, 1.165) is 23.4 Å². The molecular formula is C21H28N2. The Morgan fingerprint density at radius 1 is 0.957 bits per heavy atom. The zero-order chi connectivity index (χ0) is 17.0. The molecule has 0 spiro atoms. The Morgan fingerprint density at radius 3 is 2.17 bits per heavy atom. The Morgan fingerprint density at radius 2 is 1.57 bits per heavy atom. The summed E-state index contributed by atoms with van der Waals surface area (Å²) in [6.45, 7) is 10.9. The van der Waals surface area contributed by atoms with Crippen LogP contribution in [0.2, 0.25) is 0 Å². The van der Waals surface area contributed by atoms with Crippen molar-refractivity contribution >= 4 is 17.6 Å². The van der Waals surface area contributed by atoms with Crippen molar-refractivity contribution in [2.24, 2.45) is 4.99 Å². The molecule has 0 saturated heterocycles. The second kappa shape index (κ2) is 7.45. The number of benzene rings is 2. The lowest BCUT2D eigenvalue weighted by Gasteiger charge is -2.14. The second-order valence-electron chi connectivity index (χ2n) is 6.63. The van der Waals surface area contributed by atoms with Crippen LogP contribution < -0.4 is 5.73 Å². The third-order valence-electron chi connectivity index (χ3n) is 4.28. The number of aryl methyl sites for hydroxylation is 1. The molecule has 122 valence electrons. The minimum Gasteiger partial charge on any atom is -0.398 e. The quantitative estimate of drug-likeness (QED) is 0.548. The van der Waals surface area contributed by atoms with Crippen LogP contribution in [0, 0.1) is 0 Å². The van der Waals surface area contributed by atoms with Gasteiger partial charge in [0, 0.05) is 17.5 Å². The van der Waals surface area contributed by atoms with Crippen LogP contribution in [-0.2, 0) is 6.42 Å². The SMILES string of the molecule is CCc1cccc(C(C)C)c1/N=C\c1cccc(C(C)C)c1N. The van der Waals surface area contributed by atoms with Crippen LogP contribution in [0.15, 0.2) is 41.4 Å². The number of nitrogens with two attached hydrogens (primary N) is 1. The predicted molar refractivity (Wildman–Crippen MR) is 102 cm³/mol. The van der Waals surface area contributed by atoms with Crippen LogP contribution in [0.1, 0.15) is 68.7 Å². The molecule has 23 heavy (non-hydrogen) atoms. The number of anilines is 1. The minimum atomic E-state index is 0.414. The average Bonchev–Trinajstić information content (AvgIpc) is 2.53. The van der Waals surface area contributed by atoms with E-state index in [1.54, 1.807) is 0 Å². The van der Waals surface area contributed by atoms with Gasteiger partial charge in [-0.25, -0.2) is 0 Å². The van der Waals surface area contributed by atoms with Crippen LogP contribution in [0.4, 0.5) is 11.4 Å². The third kappa shape index (κ3) is 3.82. The van der Waals surface area contributed by atoms with Gasteiger partial charge in [0.25, 0.3) is 0 Å². The number of nitrogen functional groups attached to an aromatic ring is 1. The Balaban J connectivity index is 2.47. The van der Waals surface area contributed by atoms with Gasteiger partial charge in [-0.3, -0.25) is 4.99 Å². The largest absolute Gasteiger partial charge is 0.398 e. The maximum absolute atomic E-state index is 6.33. The fraction of sp³-hybridized carbons (Fsp3) is 0.381. The summed E-state index contributed by atoms with van der Waals surface area (Å²) < 4.78 is 0. The molecule has 0 saturated carbocycles. The van der Waals surface area contributed by atoms with Gasteiger partial charge in [0.15, 0.2) is 0 Å². The first-order valence-electron chi connectivity index (χ1n) is 8.49. The molecule has 0 aliphatic carbocycles. The maximum atomic E-state index is 6.33. The Kier molecular flexibility index (Phi) is 5.59. The van der Waals surface area contributed by atoms with Crippen molar-refractivity contribution in [1.82, 2.24) is 0 Å². The lowest BCUT2D eigenvalue weighted by molar-refractivity contribution is 0.863. The zero-order valence-electron chi connectivity index (χ0n) is 14.9. The first kappa shape index (κ1) is 17.3. The molecular weight excluding hydrogens is 280 g/mol. The molecule has 0 unspecified atom stereocenters. The molecule has 2 aromatic rings. The summed E-state index contributed by atoms with van der Waals surface area (Å²) in [4.78, 5) is 4.82. The van der Waals surface area contributed by atoms with Gasteiger partial charge in [0.1, 0.15) is 0 Å². The smallest absolute Gasteiger partial charge is 0.0696 e. The van der Waals surface area contributed by atoms with Gasteiger partial charge in [-0.15, -0.1) is 0 Å². The lowest BCUT2D eigenvalue weighted by Crippen LogP contribution is -2.01. The number of para-hydroxylation sites is 2. The van der Waals surface area contributed by atoms with Crippen LogP contribution in [0.5, 0.6) is 0 Å². The van der Waals surface area contributed by atoms with Crippen molar-refractivity contribution in [2.75, 3.05) is 5.73 Å². The maximum Gasteiger partial charge on any atom is 0.0696 e. The van der Waals surface area contributed by atoms with E-state index in [0.29, 0.717) is 11.8 Å². The van der Waals surface area contributed by atoms with E-state index in [2.05, 4.69) is 65.0 Å². The number of hydrogen-bond donors (Lipinski definition) is 1. The summed E-state index contributed by atoms with van der Waals surface area (Å²) in [5, 5.41) is 0. The van der Waals surface area contributed by atoms with E-state index < -0.39 is 0 Å². The van der Waals surface area contributed by atoms with E-state index in [1.807, 2.05) is 12.3 Å². The third-order valence-corrected chi connectivity index (χ3v) is 4.28. The molecule has 0 amide bonds. The molecule has 0 aromatic heterocycles. The minimum absolute atomic E-state index is 0.414. The summed E-state index contributed by atoms with van der Waals surface area (Å²) in [5.41, 5.74) is 13.0. The summed E-state index contributed by atoms with van der Waals surface area (Å²) in [6.07, 6.45) is 2.90. The van der Waals surface area contributed by atoms with Crippen molar-refractivity contribution in [2.45, 2.75) is 52.9 Å². The predicted octanol–water partition coefficient (Wildman–Crippen LogP) is 5.83. The Bertz CT molecular complexity index is 697. The average molecular weight is 308 g/mol. The van der Waals surface area contributed by atoms with Crippen LogP contribution in [0.3, 0.4) is 0 Å². The summed E-state index contributed by atoms with van der Waals surface area (Å²) in [5.74, 6) is 0.866. The first-order valence-corrected chi connectivity index (χ1v) is 8.49. The molecule has 0 atom stereocenters. The highest BCUT2D eigenvalue weighted by Gasteiger charge is 2.10. The van der Waals surface area contributed by atoms with E-state index in [-0.39, 0.29) is 0 Å². The molecule has 0 fully saturated rings. The van der Waals surface area contributed by atoms with Crippen LogP contribution >= 0.6 is 0 Å². The van der Waals surface area contributed by atoms with Crippen molar-refractivity contribution in [3.8, 4) is 0 Å². The normalized spacial score (nSPS) is 11.8.